The number of rotatable bonds is 5. The Morgan fingerprint density at radius 1 is 1.36 bits per heavy atom. The van der Waals surface area contributed by atoms with E-state index in [-0.39, 0.29) is 12.5 Å². The van der Waals surface area contributed by atoms with E-state index in [0.29, 0.717) is 25.2 Å². The van der Waals surface area contributed by atoms with E-state index in [1.807, 2.05) is 30.5 Å². The molecule has 0 radical (unpaired) electrons. The molecule has 1 amide bonds. The molecule has 2 heterocycles. The summed E-state index contributed by atoms with van der Waals surface area (Å²) >= 11 is 0. The Balaban J connectivity index is 1.57. The molecule has 134 valence electrons. The van der Waals surface area contributed by atoms with Gasteiger partial charge in [-0.05, 0) is 30.5 Å². The number of nitrogens with zero attached hydrogens (tertiary/aromatic N) is 4. The Bertz CT molecular complexity index is 716. The van der Waals surface area contributed by atoms with E-state index in [1.54, 1.807) is 11.8 Å². The third-order valence-corrected chi connectivity index (χ3v) is 4.58. The summed E-state index contributed by atoms with van der Waals surface area (Å²) in [6.45, 7) is 1.19. The number of aliphatic hydroxyl groups is 1. The van der Waals surface area contributed by atoms with Crippen molar-refractivity contribution in [3.63, 3.8) is 0 Å². The standard InChI is InChI=1S/C17H22N4O4/c1-25-13-4-2-12(3-5-13)6-9-21-10-15(18-19-21)14-7-8-20(17(23)24)11-16(14)22/h2-5,10,14,16,22H,6-9,11H2,1H3,(H,23,24)/t14-,16+/m1/s1. The van der Waals surface area contributed by atoms with E-state index in [2.05, 4.69) is 10.3 Å². The molecule has 8 nitrogen and oxygen atoms in total. The van der Waals surface area contributed by atoms with E-state index in [9.17, 15) is 9.90 Å². The van der Waals surface area contributed by atoms with Gasteiger partial charge in [-0.3, -0.25) is 4.68 Å². The predicted molar refractivity (Wildman–Crippen MR) is 89.7 cm³/mol. The van der Waals surface area contributed by atoms with Crippen LogP contribution in [0, 0.1) is 0 Å². The highest BCUT2D eigenvalue weighted by molar-refractivity contribution is 5.65. The van der Waals surface area contributed by atoms with Gasteiger partial charge in [-0.2, -0.15) is 0 Å². The molecular weight excluding hydrogens is 324 g/mol. The van der Waals surface area contributed by atoms with Crippen molar-refractivity contribution in [3.8, 4) is 5.75 Å². The molecule has 1 saturated heterocycles. The maximum absolute atomic E-state index is 11.0. The van der Waals surface area contributed by atoms with Gasteiger partial charge in [-0.1, -0.05) is 17.3 Å². The molecule has 8 heteroatoms. The van der Waals surface area contributed by atoms with Crippen molar-refractivity contribution in [2.75, 3.05) is 20.2 Å². The molecule has 25 heavy (non-hydrogen) atoms. The summed E-state index contributed by atoms with van der Waals surface area (Å²) in [7, 11) is 1.64. The Kier molecular flexibility index (Phi) is 5.18. The van der Waals surface area contributed by atoms with Crippen LogP contribution in [0.1, 0.15) is 23.6 Å². The minimum Gasteiger partial charge on any atom is -0.497 e. The highest BCUT2D eigenvalue weighted by Gasteiger charge is 2.32. The summed E-state index contributed by atoms with van der Waals surface area (Å²) in [4.78, 5) is 12.2. The fourth-order valence-corrected chi connectivity index (χ4v) is 3.08. The van der Waals surface area contributed by atoms with E-state index in [0.717, 1.165) is 12.2 Å². The van der Waals surface area contributed by atoms with Gasteiger partial charge >= 0.3 is 6.09 Å². The van der Waals surface area contributed by atoms with Crippen molar-refractivity contribution in [2.45, 2.75) is 31.4 Å². The maximum Gasteiger partial charge on any atom is 0.407 e. The molecule has 0 unspecified atom stereocenters. The summed E-state index contributed by atoms with van der Waals surface area (Å²) in [5.41, 5.74) is 1.89. The number of benzene rings is 1. The molecule has 1 fully saturated rings. The number of hydrogen-bond acceptors (Lipinski definition) is 5. The van der Waals surface area contributed by atoms with Gasteiger partial charge < -0.3 is 19.8 Å². The van der Waals surface area contributed by atoms with Gasteiger partial charge in [0, 0.05) is 25.2 Å². The van der Waals surface area contributed by atoms with E-state index in [4.69, 9.17) is 9.84 Å². The first kappa shape index (κ1) is 17.2. The molecule has 3 rings (SSSR count). The Hall–Kier alpha value is -2.61. The summed E-state index contributed by atoms with van der Waals surface area (Å²) in [6, 6.07) is 7.88. The molecule has 2 atom stereocenters. The monoisotopic (exact) mass is 346 g/mol. The van der Waals surface area contributed by atoms with Crippen LogP contribution in [0.25, 0.3) is 0 Å². The molecule has 2 aromatic rings. The lowest BCUT2D eigenvalue weighted by molar-refractivity contribution is 0.0493. The van der Waals surface area contributed by atoms with Crippen LogP contribution in [-0.4, -0.2) is 62.5 Å². The topological polar surface area (TPSA) is 101 Å². The predicted octanol–water partition coefficient (Wildman–Crippen LogP) is 1.36. The SMILES string of the molecule is COc1ccc(CCn2cc([C@H]3CCN(C(=O)O)C[C@@H]3O)nn2)cc1. The molecule has 1 aromatic heterocycles. The number of aromatic nitrogens is 3. The second kappa shape index (κ2) is 7.52. The molecular formula is C17H22N4O4. The van der Waals surface area contributed by atoms with Crippen LogP contribution in [-0.2, 0) is 13.0 Å². The largest absolute Gasteiger partial charge is 0.497 e. The zero-order chi connectivity index (χ0) is 17.8. The van der Waals surface area contributed by atoms with Gasteiger partial charge in [-0.25, -0.2) is 4.79 Å². The molecule has 0 spiro atoms. The average molecular weight is 346 g/mol. The molecule has 1 aliphatic rings. The van der Waals surface area contributed by atoms with Crippen LogP contribution in [0.5, 0.6) is 5.75 Å². The fraction of sp³-hybridized carbons (Fsp3) is 0.471. The van der Waals surface area contributed by atoms with Crippen LogP contribution in [0.2, 0.25) is 0 Å². The van der Waals surface area contributed by atoms with Crippen LogP contribution in [0.15, 0.2) is 30.5 Å². The van der Waals surface area contributed by atoms with Gasteiger partial charge in [0.2, 0.25) is 0 Å². The van der Waals surface area contributed by atoms with E-state index < -0.39 is 12.2 Å². The number of ether oxygens (including phenoxy) is 1. The number of hydrogen-bond donors (Lipinski definition) is 2. The summed E-state index contributed by atoms with van der Waals surface area (Å²) < 4.78 is 6.90. The van der Waals surface area contributed by atoms with Crippen LogP contribution >= 0.6 is 0 Å². The van der Waals surface area contributed by atoms with Crippen molar-refractivity contribution in [1.82, 2.24) is 19.9 Å². The minimum absolute atomic E-state index is 0.110. The summed E-state index contributed by atoms with van der Waals surface area (Å²) in [5.74, 6) is 0.652. The normalized spacial score (nSPS) is 20.5. The molecule has 0 bridgehead atoms. The van der Waals surface area contributed by atoms with Gasteiger partial charge in [-0.15, -0.1) is 5.10 Å². The first-order chi connectivity index (χ1) is 12.1. The van der Waals surface area contributed by atoms with Crippen molar-refractivity contribution >= 4 is 6.09 Å². The van der Waals surface area contributed by atoms with Crippen LogP contribution in [0.4, 0.5) is 4.79 Å². The van der Waals surface area contributed by atoms with E-state index in [1.165, 1.54) is 10.5 Å². The third-order valence-electron chi connectivity index (χ3n) is 4.58. The quantitative estimate of drug-likeness (QED) is 0.848. The first-order valence-corrected chi connectivity index (χ1v) is 8.25. The number of piperidine rings is 1. The lowest BCUT2D eigenvalue weighted by atomic mass is 9.91. The van der Waals surface area contributed by atoms with Gasteiger partial charge in [0.05, 0.1) is 25.5 Å². The van der Waals surface area contributed by atoms with Crippen molar-refractivity contribution in [1.29, 1.82) is 0 Å². The summed E-state index contributed by atoms with van der Waals surface area (Å²) in [5, 5.41) is 27.5. The fourth-order valence-electron chi connectivity index (χ4n) is 3.08. The minimum atomic E-state index is -0.999. The Labute approximate surface area is 145 Å². The molecule has 1 aromatic carbocycles. The number of aliphatic hydroxyl groups excluding tert-OH is 1. The number of carbonyl (C=O) groups is 1. The van der Waals surface area contributed by atoms with Crippen LogP contribution in [0.3, 0.4) is 0 Å². The van der Waals surface area contributed by atoms with E-state index >= 15 is 0 Å². The van der Waals surface area contributed by atoms with Gasteiger partial charge in [0.15, 0.2) is 0 Å². The third kappa shape index (κ3) is 4.08. The Morgan fingerprint density at radius 2 is 2.12 bits per heavy atom. The number of methoxy groups -OCH3 is 1. The van der Waals surface area contributed by atoms with Gasteiger partial charge in [0.1, 0.15) is 5.75 Å². The highest BCUT2D eigenvalue weighted by atomic mass is 16.5. The first-order valence-electron chi connectivity index (χ1n) is 8.25. The molecule has 1 aliphatic heterocycles. The number of β-amino-alcohol motifs (C(OH)–C–C–N with tert-alkyl or cyclic N) is 1. The number of aryl methyl sites for hydroxylation is 2. The van der Waals surface area contributed by atoms with Crippen molar-refractivity contribution in [2.24, 2.45) is 0 Å². The molecule has 0 aliphatic carbocycles. The summed E-state index contributed by atoms with van der Waals surface area (Å²) in [6.07, 6.45) is 1.45. The second-order valence-electron chi connectivity index (χ2n) is 6.20. The zero-order valence-electron chi connectivity index (χ0n) is 14.1. The smallest absolute Gasteiger partial charge is 0.407 e. The van der Waals surface area contributed by atoms with Crippen molar-refractivity contribution < 1.29 is 19.7 Å². The average Bonchev–Trinajstić information content (AvgIpc) is 3.09. The lowest BCUT2D eigenvalue weighted by Crippen LogP contribution is -2.45. The Morgan fingerprint density at radius 3 is 2.76 bits per heavy atom. The number of carboxylic acid groups (broad SMARTS) is 1. The number of amides is 1. The maximum atomic E-state index is 11.0. The lowest BCUT2D eigenvalue weighted by Gasteiger charge is -2.33. The van der Waals surface area contributed by atoms with Gasteiger partial charge in [0.25, 0.3) is 0 Å². The molecule has 0 saturated carbocycles. The number of likely N-dealkylation sites (tertiary alicyclic amines) is 1. The van der Waals surface area contributed by atoms with Crippen LogP contribution < -0.4 is 4.74 Å². The molecule has 2 N–H and O–H groups in total. The highest BCUT2D eigenvalue weighted by Crippen LogP contribution is 2.27. The van der Waals surface area contributed by atoms with Crippen molar-refractivity contribution in [3.05, 3.63) is 41.7 Å². The second-order valence-corrected chi connectivity index (χ2v) is 6.20. The zero-order valence-corrected chi connectivity index (χ0v) is 14.1.